The predicted molar refractivity (Wildman–Crippen MR) is 71.8 cm³/mol. The number of carbonyl (C=O) groups excluding carboxylic acids is 1. The lowest BCUT2D eigenvalue weighted by atomic mass is 9.94. The molecule has 2 rings (SSSR count). The summed E-state index contributed by atoms with van der Waals surface area (Å²) in [5.74, 6) is 5.24. The summed E-state index contributed by atoms with van der Waals surface area (Å²) < 4.78 is 5.21. The maximum atomic E-state index is 12.2. The average molecular weight is 281 g/mol. The average Bonchev–Trinajstić information content (AvgIpc) is 2.46. The highest BCUT2D eigenvalue weighted by molar-refractivity contribution is 5.92. The zero-order chi connectivity index (χ0) is 14.6. The number of hydrazine groups is 1. The Morgan fingerprint density at radius 3 is 2.90 bits per heavy atom. The van der Waals surface area contributed by atoms with Crippen LogP contribution in [0.5, 0.6) is 0 Å². The van der Waals surface area contributed by atoms with Crippen molar-refractivity contribution >= 4 is 11.7 Å². The molecule has 0 bridgehead atoms. The fraction of sp³-hybridized carbons (Fsp3) is 0.583. The lowest BCUT2D eigenvalue weighted by Crippen LogP contribution is -2.47. The van der Waals surface area contributed by atoms with Crippen molar-refractivity contribution in [2.24, 2.45) is 5.84 Å². The number of nitrogens with two attached hydrogens (primary N) is 1. The van der Waals surface area contributed by atoms with E-state index in [1.807, 2.05) is 0 Å². The quantitative estimate of drug-likeness (QED) is 0.497. The number of nitrogens with zero attached hydrogens (tertiary/aromatic N) is 3. The standard InChI is InChI=1S/C12H19N5O3/c1-17(8-12(19)2-4-20-5-3-12)11(18)9-6-14-7-10(15-9)16-13/h6-7,19H,2-5,8,13H2,1H3,(H,15,16). The van der Waals surface area contributed by atoms with E-state index in [9.17, 15) is 9.90 Å². The van der Waals surface area contributed by atoms with Gasteiger partial charge in [-0.15, -0.1) is 0 Å². The molecule has 0 aromatic carbocycles. The van der Waals surface area contributed by atoms with Gasteiger partial charge in [0.15, 0.2) is 5.82 Å². The van der Waals surface area contributed by atoms with Gasteiger partial charge in [0.05, 0.1) is 18.0 Å². The van der Waals surface area contributed by atoms with Crippen LogP contribution in [0.15, 0.2) is 12.4 Å². The molecule has 1 saturated heterocycles. The van der Waals surface area contributed by atoms with Crippen LogP contribution in [0, 0.1) is 0 Å². The molecule has 0 unspecified atom stereocenters. The molecule has 1 aliphatic heterocycles. The van der Waals surface area contributed by atoms with E-state index in [4.69, 9.17) is 10.6 Å². The van der Waals surface area contributed by atoms with Crippen LogP contribution < -0.4 is 11.3 Å². The molecule has 1 aromatic heterocycles. The summed E-state index contributed by atoms with van der Waals surface area (Å²) in [5.41, 5.74) is 1.62. The number of rotatable bonds is 4. The van der Waals surface area contributed by atoms with Crippen LogP contribution in [0.25, 0.3) is 0 Å². The van der Waals surface area contributed by atoms with Gasteiger partial charge in [0.25, 0.3) is 5.91 Å². The number of aromatic nitrogens is 2. The smallest absolute Gasteiger partial charge is 0.273 e. The molecule has 0 aliphatic carbocycles. The van der Waals surface area contributed by atoms with Gasteiger partial charge in [-0.2, -0.15) is 0 Å². The summed E-state index contributed by atoms with van der Waals surface area (Å²) in [5, 5.41) is 10.4. The molecule has 8 nitrogen and oxygen atoms in total. The molecule has 1 fully saturated rings. The molecule has 110 valence electrons. The molecular formula is C12H19N5O3. The monoisotopic (exact) mass is 281 g/mol. The van der Waals surface area contributed by atoms with Crippen molar-refractivity contribution in [3.05, 3.63) is 18.1 Å². The van der Waals surface area contributed by atoms with E-state index in [0.29, 0.717) is 31.9 Å². The van der Waals surface area contributed by atoms with E-state index in [1.54, 1.807) is 7.05 Å². The van der Waals surface area contributed by atoms with Crippen molar-refractivity contribution < 1.29 is 14.6 Å². The Bertz CT molecular complexity index is 476. The van der Waals surface area contributed by atoms with Gasteiger partial charge < -0.3 is 20.2 Å². The largest absolute Gasteiger partial charge is 0.388 e. The number of hydrogen-bond acceptors (Lipinski definition) is 7. The maximum Gasteiger partial charge on any atom is 0.273 e. The SMILES string of the molecule is CN(CC1(O)CCOCC1)C(=O)c1cncc(NN)n1. The van der Waals surface area contributed by atoms with E-state index >= 15 is 0 Å². The molecule has 8 heteroatoms. The van der Waals surface area contributed by atoms with Gasteiger partial charge >= 0.3 is 0 Å². The lowest BCUT2D eigenvalue weighted by molar-refractivity contribution is -0.0734. The normalized spacial score (nSPS) is 17.6. The topological polar surface area (TPSA) is 114 Å². The van der Waals surface area contributed by atoms with Gasteiger partial charge in [-0.25, -0.2) is 10.8 Å². The highest BCUT2D eigenvalue weighted by Gasteiger charge is 2.32. The Hall–Kier alpha value is -1.77. The third kappa shape index (κ3) is 3.41. The van der Waals surface area contributed by atoms with Gasteiger partial charge in [-0.05, 0) is 0 Å². The Morgan fingerprint density at radius 2 is 2.25 bits per heavy atom. The van der Waals surface area contributed by atoms with Gasteiger partial charge in [-0.3, -0.25) is 9.78 Å². The van der Waals surface area contributed by atoms with Crippen molar-refractivity contribution in [3.63, 3.8) is 0 Å². The predicted octanol–water partition coefficient (Wildman–Crippen LogP) is -0.624. The number of ether oxygens (including phenoxy) is 1. The number of amides is 1. The first-order valence-electron chi connectivity index (χ1n) is 6.38. The third-order valence-corrected chi connectivity index (χ3v) is 3.30. The molecule has 0 spiro atoms. The first-order chi connectivity index (χ1) is 9.54. The van der Waals surface area contributed by atoms with Gasteiger partial charge in [0, 0.05) is 39.6 Å². The molecule has 0 saturated carbocycles. The van der Waals surface area contributed by atoms with Crippen molar-refractivity contribution in [2.75, 3.05) is 32.2 Å². The Kier molecular flexibility index (Phi) is 4.48. The van der Waals surface area contributed by atoms with E-state index in [-0.39, 0.29) is 18.1 Å². The van der Waals surface area contributed by atoms with Crippen molar-refractivity contribution in [3.8, 4) is 0 Å². The van der Waals surface area contributed by atoms with E-state index in [1.165, 1.54) is 17.3 Å². The maximum absolute atomic E-state index is 12.2. The van der Waals surface area contributed by atoms with E-state index in [0.717, 1.165) is 0 Å². The Morgan fingerprint density at radius 1 is 1.55 bits per heavy atom. The summed E-state index contributed by atoms with van der Waals surface area (Å²) in [4.78, 5) is 21.6. The zero-order valence-corrected chi connectivity index (χ0v) is 11.4. The minimum Gasteiger partial charge on any atom is -0.388 e. The summed E-state index contributed by atoms with van der Waals surface area (Å²) in [6.45, 7) is 1.24. The van der Waals surface area contributed by atoms with Crippen molar-refractivity contribution in [1.82, 2.24) is 14.9 Å². The Labute approximate surface area is 116 Å². The molecule has 0 radical (unpaired) electrons. The summed E-state index contributed by atoms with van der Waals surface area (Å²) in [6, 6.07) is 0. The molecule has 1 amide bonds. The minimum atomic E-state index is -0.903. The van der Waals surface area contributed by atoms with Gasteiger partial charge in [0.2, 0.25) is 0 Å². The number of anilines is 1. The highest BCUT2D eigenvalue weighted by atomic mass is 16.5. The van der Waals surface area contributed by atoms with Crippen LogP contribution in [-0.4, -0.2) is 58.3 Å². The number of aliphatic hydroxyl groups is 1. The van der Waals surface area contributed by atoms with E-state index < -0.39 is 5.60 Å². The number of carbonyl (C=O) groups is 1. The number of nitrogen functional groups attached to an aromatic ring is 1. The summed E-state index contributed by atoms with van der Waals surface area (Å²) in [7, 11) is 1.62. The minimum absolute atomic E-state index is 0.179. The highest BCUT2D eigenvalue weighted by Crippen LogP contribution is 2.21. The second-order valence-electron chi connectivity index (χ2n) is 4.93. The van der Waals surface area contributed by atoms with Crippen molar-refractivity contribution in [2.45, 2.75) is 18.4 Å². The molecule has 1 aliphatic rings. The molecule has 20 heavy (non-hydrogen) atoms. The second-order valence-corrected chi connectivity index (χ2v) is 4.93. The first kappa shape index (κ1) is 14.6. The van der Waals surface area contributed by atoms with E-state index in [2.05, 4.69) is 15.4 Å². The fourth-order valence-corrected chi connectivity index (χ4v) is 2.16. The molecule has 4 N–H and O–H groups in total. The van der Waals surface area contributed by atoms with Crippen LogP contribution in [0.4, 0.5) is 5.82 Å². The molecular weight excluding hydrogens is 262 g/mol. The Balaban J connectivity index is 2.04. The molecule has 2 heterocycles. The molecule has 0 atom stereocenters. The third-order valence-electron chi connectivity index (χ3n) is 3.30. The van der Waals surface area contributed by atoms with Crippen LogP contribution in [-0.2, 0) is 4.74 Å². The number of nitrogens with one attached hydrogen (secondary N) is 1. The van der Waals surface area contributed by atoms with Crippen LogP contribution in [0.2, 0.25) is 0 Å². The van der Waals surface area contributed by atoms with Gasteiger partial charge in [0.1, 0.15) is 5.69 Å². The summed E-state index contributed by atoms with van der Waals surface area (Å²) in [6.07, 6.45) is 3.82. The van der Waals surface area contributed by atoms with Gasteiger partial charge in [-0.1, -0.05) is 0 Å². The van der Waals surface area contributed by atoms with Crippen molar-refractivity contribution in [1.29, 1.82) is 0 Å². The second kappa shape index (κ2) is 6.12. The summed E-state index contributed by atoms with van der Waals surface area (Å²) >= 11 is 0. The molecule has 1 aromatic rings. The fourth-order valence-electron chi connectivity index (χ4n) is 2.16. The lowest BCUT2D eigenvalue weighted by Gasteiger charge is -2.35. The number of likely N-dealkylation sites (N-methyl/N-ethyl adjacent to an activating group) is 1. The first-order valence-corrected chi connectivity index (χ1v) is 6.38. The number of hydrogen-bond donors (Lipinski definition) is 3. The van der Waals surface area contributed by atoms with Crippen LogP contribution in [0.3, 0.4) is 0 Å². The van der Waals surface area contributed by atoms with Crippen LogP contribution >= 0.6 is 0 Å². The van der Waals surface area contributed by atoms with Crippen LogP contribution in [0.1, 0.15) is 23.3 Å². The zero-order valence-electron chi connectivity index (χ0n) is 11.4.